The molecule has 3 nitrogen and oxygen atoms in total. The average Bonchev–Trinajstić information content (AvgIpc) is 1.86. The normalized spacial score (nSPS) is 39.5. The highest BCUT2D eigenvalue weighted by Crippen LogP contribution is 2.19. The van der Waals surface area contributed by atoms with Crippen LogP contribution in [0.15, 0.2) is 0 Å². The van der Waals surface area contributed by atoms with Gasteiger partial charge in [-0.2, -0.15) is 0 Å². The van der Waals surface area contributed by atoms with E-state index in [2.05, 4.69) is 0 Å². The molecule has 0 atom stereocenters. The van der Waals surface area contributed by atoms with E-state index in [1.165, 1.54) is 0 Å². The van der Waals surface area contributed by atoms with Crippen LogP contribution in [0, 0.1) is 5.92 Å². The molecule has 1 saturated heterocycles. The molecular weight excluding hydrogens is 144 g/mol. The molecule has 3 heteroatoms. The van der Waals surface area contributed by atoms with Crippen LogP contribution in [0.1, 0.15) is 20.8 Å². The summed E-state index contributed by atoms with van der Waals surface area (Å²) in [5.74, 6) is 0.353. The highest BCUT2D eigenvalue weighted by Gasteiger charge is 2.31. The van der Waals surface area contributed by atoms with Crippen LogP contribution < -0.4 is 0 Å². The molecule has 0 spiro atoms. The fourth-order valence-electron chi connectivity index (χ4n) is 0.998. The molecule has 0 unspecified atom stereocenters. The summed E-state index contributed by atoms with van der Waals surface area (Å²) in [5, 5.41) is 9.42. The maximum Gasteiger partial charge on any atom is 0.160 e. The van der Waals surface area contributed by atoms with Gasteiger partial charge in [-0.3, -0.25) is 0 Å². The predicted molar refractivity (Wildman–Crippen MR) is 41.2 cm³/mol. The fourth-order valence-corrected chi connectivity index (χ4v) is 0.998. The third-order valence-electron chi connectivity index (χ3n) is 1.66. The van der Waals surface area contributed by atoms with E-state index < -0.39 is 5.60 Å². The number of ether oxygens (including phenoxy) is 2. The van der Waals surface area contributed by atoms with Crippen LogP contribution in [0.3, 0.4) is 0 Å². The lowest BCUT2D eigenvalue weighted by atomic mass is 10.1. The van der Waals surface area contributed by atoms with Crippen LogP contribution in [0.2, 0.25) is 0 Å². The Morgan fingerprint density at radius 1 is 1.36 bits per heavy atom. The number of rotatable bonds is 1. The summed E-state index contributed by atoms with van der Waals surface area (Å²) in [5.41, 5.74) is -0.800. The first-order valence-electron chi connectivity index (χ1n) is 3.97. The van der Waals surface area contributed by atoms with Crippen LogP contribution in [0.5, 0.6) is 0 Å². The Hall–Kier alpha value is -0.120. The van der Waals surface area contributed by atoms with E-state index in [9.17, 15) is 5.11 Å². The minimum atomic E-state index is -0.800. The lowest BCUT2D eigenvalue weighted by Crippen LogP contribution is -2.46. The molecule has 1 N–H and O–H groups in total. The van der Waals surface area contributed by atoms with Crippen molar-refractivity contribution in [2.45, 2.75) is 32.7 Å². The first kappa shape index (κ1) is 8.97. The fraction of sp³-hybridized carbons (Fsp3) is 1.00. The Balaban J connectivity index is 2.36. The standard InChI is InChI=1S/C8H16O3/c1-6(2)7-10-4-8(3,9)5-11-7/h6-7,9H,4-5H2,1-3H3. The van der Waals surface area contributed by atoms with Gasteiger partial charge in [0, 0.05) is 5.92 Å². The van der Waals surface area contributed by atoms with Gasteiger partial charge < -0.3 is 14.6 Å². The molecule has 1 fully saturated rings. The van der Waals surface area contributed by atoms with E-state index >= 15 is 0 Å². The predicted octanol–water partition coefficient (Wildman–Crippen LogP) is 0.766. The monoisotopic (exact) mass is 160 g/mol. The highest BCUT2D eigenvalue weighted by atomic mass is 16.7. The van der Waals surface area contributed by atoms with Gasteiger partial charge in [0.2, 0.25) is 0 Å². The molecule has 0 saturated carbocycles. The molecule has 0 bridgehead atoms. The smallest absolute Gasteiger partial charge is 0.160 e. The van der Waals surface area contributed by atoms with E-state index in [-0.39, 0.29) is 6.29 Å². The molecular formula is C8H16O3. The van der Waals surface area contributed by atoms with Crippen molar-refractivity contribution in [3.8, 4) is 0 Å². The summed E-state index contributed by atoms with van der Waals surface area (Å²) in [4.78, 5) is 0. The molecule has 0 aromatic rings. The molecule has 0 aromatic heterocycles. The van der Waals surface area contributed by atoms with Crippen LogP contribution in [-0.4, -0.2) is 30.2 Å². The van der Waals surface area contributed by atoms with E-state index in [4.69, 9.17) is 9.47 Å². The zero-order chi connectivity index (χ0) is 8.48. The lowest BCUT2D eigenvalue weighted by Gasteiger charge is -2.35. The summed E-state index contributed by atoms with van der Waals surface area (Å²) in [6.45, 7) is 6.52. The molecule has 0 aliphatic carbocycles. The van der Waals surface area contributed by atoms with Crippen molar-refractivity contribution in [1.82, 2.24) is 0 Å². The van der Waals surface area contributed by atoms with Crippen LogP contribution >= 0.6 is 0 Å². The summed E-state index contributed by atoms with van der Waals surface area (Å²) in [6.07, 6.45) is -0.143. The number of hydrogen-bond acceptors (Lipinski definition) is 3. The number of hydrogen-bond donors (Lipinski definition) is 1. The van der Waals surface area contributed by atoms with Crippen molar-refractivity contribution in [3.05, 3.63) is 0 Å². The maximum atomic E-state index is 9.42. The van der Waals surface area contributed by atoms with Gasteiger partial charge >= 0.3 is 0 Å². The Labute approximate surface area is 67.3 Å². The van der Waals surface area contributed by atoms with Crippen molar-refractivity contribution in [2.75, 3.05) is 13.2 Å². The molecule has 1 heterocycles. The highest BCUT2D eigenvalue weighted by molar-refractivity contribution is 4.75. The van der Waals surface area contributed by atoms with Crippen molar-refractivity contribution >= 4 is 0 Å². The second-order valence-electron chi connectivity index (χ2n) is 3.73. The Morgan fingerprint density at radius 3 is 2.18 bits per heavy atom. The Bertz CT molecular complexity index is 121. The Kier molecular flexibility index (Phi) is 2.52. The van der Waals surface area contributed by atoms with Gasteiger partial charge in [0.1, 0.15) is 5.60 Å². The molecule has 0 aromatic carbocycles. The van der Waals surface area contributed by atoms with Gasteiger partial charge in [-0.1, -0.05) is 13.8 Å². The van der Waals surface area contributed by atoms with Crippen molar-refractivity contribution in [2.24, 2.45) is 5.92 Å². The zero-order valence-corrected chi connectivity index (χ0v) is 7.33. The topological polar surface area (TPSA) is 38.7 Å². The minimum absolute atomic E-state index is 0.143. The van der Waals surface area contributed by atoms with Gasteiger partial charge in [0.15, 0.2) is 6.29 Å². The summed E-state index contributed by atoms with van der Waals surface area (Å²) in [7, 11) is 0. The SMILES string of the molecule is CC(C)C1OCC(C)(O)CO1. The third kappa shape index (κ3) is 2.43. The molecule has 66 valence electrons. The van der Waals surface area contributed by atoms with Crippen molar-refractivity contribution < 1.29 is 14.6 Å². The van der Waals surface area contributed by atoms with E-state index in [0.717, 1.165) is 0 Å². The zero-order valence-electron chi connectivity index (χ0n) is 7.33. The molecule has 1 aliphatic rings. The van der Waals surface area contributed by atoms with Crippen molar-refractivity contribution in [3.63, 3.8) is 0 Å². The summed E-state index contributed by atoms with van der Waals surface area (Å²) < 4.78 is 10.6. The summed E-state index contributed by atoms with van der Waals surface area (Å²) >= 11 is 0. The Morgan fingerprint density at radius 2 is 1.82 bits per heavy atom. The van der Waals surface area contributed by atoms with Crippen molar-refractivity contribution in [1.29, 1.82) is 0 Å². The van der Waals surface area contributed by atoms with Gasteiger partial charge in [-0.05, 0) is 6.92 Å². The second-order valence-corrected chi connectivity index (χ2v) is 3.73. The first-order valence-corrected chi connectivity index (χ1v) is 3.97. The molecule has 1 aliphatic heterocycles. The minimum Gasteiger partial charge on any atom is -0.385 e. The quantitative estimate of drug-likeness (QED) is 0.615. The largest absolute Gasteiger partial charge is 0.385 e. The maximum absolute atomic E-state index is 9.42. The number of aliphatic hydroxyl groups is 1. The average molecular weight is 160 g/mol. The van der Waals surface area contributed by atoms with Crippen LogP contribution in [0.25, 0.3) is 0 Å². The molecule has 1 rings (SSSR count). The van der Waals surface area contributed by atoms with E-state index in [0.29, 0.717) is 19.1 Å². The van der Waals surface area contributed by atoms with Crippen LogP contribution in [-0.2, 0) is 9.47 Å². The van der Waals surface area contributed by atoms with Gasteiger partial charge in [-0.25, -0.2) is 0 Å². The third-order valence-corrected chi connectivity index (χ3v) is 1.66. The van der Waals surface area contributed by atoms with Gasteiger partial charge in [-0.15, -0.1) is 0 Å². The molecule has 0 radical (unpaired) electrons. The van der Waals surface area contributed by atoms with Gasteiger partial charge in [0.25, 0.3) is 0 Å². The first-order chi connectivity index (χ1) is 5.01. The second kappa shape index (κ2) is 3.09. The molecule has 0 amide bonds. The van der Waals surface area contributed by atoms with Gasteiger partial charge in [0.05, 0.1) is 13.2 Å². The van der Waals surface area contributed by atoms with Crippen LogP contribution in [0.4, 0.5) is 0 Å². The van der Waals surface area contributed by atoms with E-state index in [1.807, 2.05) is 13.8 Å². The summed E-state index contributed by atoms with van der Waals surface area (Å²) in [6, 6.07) is 0. The lowest BCUT2D eigenvalue weighted by molar-refractivity contribution is -0.261. The molecule has 11 heavy (non-hydrogen) atoms. The van der Waals surface area contributed by atoms with E-state index in [1.54, 1.807) is 6.92 Å².